The smallest absolute Gasteiger partial charge is 0.191 e. The average molecular weight is 428 g/mol. The fraction of sp³-hybridized carbons (Fsp3) is 0.500. The lowest BCUT2D eigenvalue weighted by molar-refractivity contribution is 0.122. The Morgan fingerprint density at radius 1 is 1.07 bits per heavy atom. The van der Waals surface area contributed by atoms with E-state index in [0.717, 1.165) is 85.2 Å². The number of hydrogen-bond donors (Lipinski definition) is 0. The van der Waals surface area contributed by atoms with Crippen molar-refractivity contribution in [3.63, 3.8) is 0 Å². The summed E-state index contributed by atoms with van der Waals surface area (Å²) in [5.41, 5.74) is 3.07. The summed E-state index contributed by atoms with van der Waals surface area (Å²) in [7, 11) is 1.68. The van der Waals surface area contributed by atoms with E-state index in [1.54, 1.807) is 18.9 Å². The molecule has 0 spiro atoms. The van der Waals surface area contributed by atoms with Gasteiger partial charge in [0.25, 0.3) is 0 Å². The zero-order valence-corrected chi connectivity index (χ0v) is 18.7. The van der Waals surface area contributed by atoms with Gasteiger partial charge in [-0.1, -0.05) is 30.8 Å². The van der Waals surface area contributed by atoms with E-state index in [1.165, 1.54) is 5.56 Å². The van der Waals surface area contributed by atoms with E-state index in [1.807, 2.05) is 12.1 Å². The molecule has 3 heterocycles. The predicted molar refractivity (Wildman–Crippen MR) is 121 cm³/mol. The van der Waals surface area contributed by atoms with Crippen molar-refractivity contribution in [2.45, 2.75) is 44.1 Å². The second kappa shape index (κ2) is 9.66. The van der Waals surface area contributed by atoms with Gasteiger partial charge in [0, 0.05) is 31.8 Å². The quantitative estimate of drug-likeness (QED) is 0.398. The summed E-state index contributed by atoms with van der Waals surface area (Å²) < 4.78 is 13.0. The molecule has 0 radical (unpaired) electrons. The van der Waals surface area contributed by atoms with Crippen LogP contribution in [0, 0.1) is 0 Å². The second-order valence-corrected chi connectivity index (χ2v) is 8.20. The summed E-state index contributed by atoms with van der Waals surface area (Å²) in [6.45, 7) is 8.29. The van der Waals surface area contributed by atoms with Crippen molar-refractivity contribution in [3.8, 4) is 5.75 Å². The largest absolute Gasteiger partial charge is 0.497 e. The fourth-order valence-corrected chi connectivity index (χ4v) is 4.48. The van der Waals surface area contributed by atoms with Gasteiger partial charge in [0.15, 0.2) is 22.1 Å². The Hall–Kier alpha value is -2.32. The van der Waals surface area contributed by atoms with E-state index >= 15 is 0 Å². The number of ether oxygens (including phenoxy) is 2. The molecule has 30 heavy (non-hydrogen) atoms. The molecule has 2 aromatic heterocycles. The third-order valence-electron chi connectivity index (χ3n) is 5.26. The zero-order chi connectivity index (χ0) is 20.9. The highest BCUT2D eigenvalue weighted by Crippen LogP contribution is 2.30. The molecular weight excluding hydrogens is 398 g/mol. The lowest BCUT2D eigenvalue weighted by Crippen LogP contribution is -2.37. The number of fused-ring (bicyclic) bond motifs is 1. The number of aryl methyl sites for hydroxylation is 2. The van der Waals surface area contributed by atoms with Gasteiger partial charge in [-0.15, -0.1) is 0 Å². The Labute approximate surface area is 181 Å². The van der Waals surface area contributed by atoms with Crippen LogP contribution in [0.2, 0.25) is 0 Å². The molecule has 0 bridgehead atoms. The van der Waals surface area contributed by atoms with Crippen molar-refractivity contribution >= 4 is 28.7 Å². The monoisotopic (exact) mass is 427 g/mol. The Balaban J connectivity index is 1.69. The standard InChI is InChI=1S/C22H29N5O2S/c1-4-6-18-23-19-20(26-11-13-29-14-12-26)24-22(25-21(19)27(18)5-2)30-15-16-7-9-17(28-3)10-8-16/h7-10H,4-6,11-15H2,1-3H3. The van der Waals surface area contributed by atoms with Crippen LogP contribution in [0.1, 0.15) is 31.7 Å². The van der Waals surface area contributed by atoms with Crippen LogP contribution in [0.5, 0.6) is 5.75 Å². The van der Waals surface area contributed by atoms with Crippen molar-refractivity contribution in [1.82, 2.24) is 19.5 Å². The minimum atomic E-state index is 0.718. The van der Waals surface area contributed by atoms with Crippen LogP contribution >= 0.6 is 11.8 Å². The van der Waals surface area contributed by atoms with Gasteiger partial charge in [-0.2, -0.15) is 0 Å². The van der Waals surface area contributed by atoms with Crippen LogP contribution in [-0.2, 0) is 23.5 Å². The first-order valence-electron chi connectivity index (χ1n) is 10.6. The molecule has 7 nitrogen and oxygen atoms in total. The maximum Gasteiger partial charge on any atom is 0.191 e. The van der Waals surface area contributed by atoms with Crippen LogP contribution in [0.4, 0.5) is 5.82 Å². The molecule has 1 aliphatic rings. The number of imidazole rings is 1. The maximum absolute atomic E-state index is 5.55. The Morgan fingerprint density at radius 3 is 2.50 bits per heavy atom. The number of aromatic nitrogens is 4. The summed E-state index contributed by atoms with van der Waals surface area (Å²) in [6.07, 6.45) is 2.00. The van der Waals surface area contributed by atoms with Gasteiger partial charge in [0.05, 0.1) is 20.3 Å². The molecule has 1 saturated heterocycles. The molecule has 1 fully saturated rings. The van der Waals surface area contributed by atoms with E-state index in [0.29, 0.717) is 0 Å². The van der Waals surface area contributed by atoms with Gasteiger partial charge in [0.1, 0.15) is 11.6 Å². The van der Waals surface area contributed by atoms with Crippen molar-refractivity contribution in [2.24, 2.45) is 0 Å². The van der Waals surface area contributed by atoms with Crippen molar-refractivity contribution in [3.05, 3.63) is 35.7 Å². The molecule has 0 atom stereocenters. The topological polar surface area (TPSA) is 65.3 Å². The van der Waals surface area contributed by atoms with E-state index in [-0.39, 0.29) is 0 Å². The molecule has 1 aromatic carbocycles. The molecule has 4 rings (SSSR count). The van der Waals surface area contributed by atoms with E-state index in [4.69, 9.17) is 24.4 Å². The molecule has 160 valence electrons. The van der Waals surface area contributed by atoms with Crippen LogP contribution in [0.25, 0.3) is 11.2 Å². The molecule has 0 amide bonds. The average Bonchev–Trinajstić information content (AvgIpc) is 3.15. The Morgan fingerprint density at radius 2 is 1.83 bits per heavy atom. The SMILES string of the molecule is CCCc1nc2c(N3CCOCC3)nc(SCc3ccc(OC)cc3)nc2n1CC. The number of anilines is 1. The highest BCUT2D eigenvalue weighted by atomic mass is 32.2. The summed E-state index contributed by atoms with van der Waals surface area (Å²) >= 11 is 1.66. The fourth-order valence-electron chi connectivity index (χ4n) is 3.69. The van der Waals surface area contributed by atoms with Gasteiger partial charge in [0.2, 0.25) is 0 Å². The molecule has 0 N–H and O–H groups in total. The zero-order valence-electron chi connectivity index (χ0n) is 17.9. The lowest BCUT2D eigenvalue weighted by Gasteiger charge is -2.28. The number of benzene rings is 1. The Bertz CT molecular complexity index is 983. The van der Waals surface area contributed by atoms with Gasteiger partial charge < -0.3 is 18.9 Å². The summed E-state index contributed by atoms with van der Waals surface area (Å²) in [5, 5.41) is 0.789. The van der Waals surface area contributed by atoms with Crippen LogP contribution in [0.3, 0.4) is 0 Å². The molecule has 0 aliphatic carbocycles. The first-order chi connectivity index (χ1) is 14.7. The highest BCUT2D eigenvalue weighted by molar-refractivity contribution is 7.98. The van der Waals surface area contributed by atoms with Crippen LogP contribution in [-0.4, -0.2) is 52.9 Å². The maximum atomic E-state index is 5.55. The normalized spacial score (nSPS) is 14.4. The van der Waals surface area contributed by atoms with Crippen molar-refractivity contribution in [1.29, 1.82) is 0 Å². The molecular formula is C22H29N5O2S. The number of rotatable bonds is 8. The second-order valence-electron chi connectivity index (χ2n) is 7.26. The number of methoxy groups -OCH3 is 1. The Kier molecular flexibility index (Phi) is 6.74. The number of morpholine rings is 1. The highest BCUT2D eigenvalue weighted by Gasteiger charge is 2.22. The van der Waals surface area contributed by atoms with Crippen molar-refractivity contribution < 1.29 is 9.47 Å². The lowest BCUT2D eigenvalue weighted by atomic mass is 10.2. The number of hydrogen-bond acceptors (Lipinski definition) is 7. The summed E-state index contributed by atoms with van der Waals surface area (Å²) in [6, 6.07) is 8.15. The van der Waals surface area contributed by atoms with Gasteiger partial charge in [-0.3, -0.25) is 0 Å². The molecule has 0 saturated carbocycles. The third kappa shape index (κ3) is 4.39. The number of nitrogens with zero attached hydrogens (tertiary/aromatic N) is 5. The molecule has 3 aromatic rings. The summed E-state index contributed by atoms with van der Waals surface area (Å²) in [4.78, 5) is 17.1. The minimum absolute atomic E-state index is 0.718. The molecule has 0 unspecified atom stereocenters. The summed E-state index contributed by atoms with van der Waals surface area (Å²) in [5.74, 6) is 3.70. The minimum Gasteiger partial charge on any atom is -0.497 e. The molecule has 8 heteroatoms. The predicted octanol–water partition coefficient (Wildman–Crippen LogP) is 3.94. The number of thioether (sulfide) groups is 1. The van der Waals surface area contributed by atoms with Gasteiger partial charge >= 0.3 is 0 Å². The van der Waals surface area contributed by atoms with E-state index in [2.05, 4.69) is 35.4 Å². The first kappa shape index (κ1) is 20.9. The third-order valence-corrected chi connectivity index (χ3v) is 6.18. The van der Waals surface area contributed by atoms with Crippen LogP contribution in [0.15, 0.2) is 29.4 Å². The first-order valence-corrected chi connectivity index (χ1v) is 11.6. The van der Waals surface area contributed by atoms with E-state index in [9.17, 15) is 0 Å². The van der Waals surface area contributed by atoms with Gasteiger partial charge in [-0.25, -0.2) is 15.0 Å². The van der Waals surface area contributed by atoms with E-state index < -0.39 is 0 Å². The van der Waals surface area contributed by atoms with Crippen LogP contribution < -0.4 is 9.64 Å². The van der Waals surface area contributed by atoms with Gasteiger partial charge in [-0.05, 0) is 31.0 Å². The molecule has 1 aliphatic heterocycles. The van der Waals surface area contributed by atoms with Crippen molar-refractivity contribution in [2.75, 3.05) is 38.3 Å².